The molecule has 0 unspecified atom stereocenters. The summed E-state index contributed by atoms with van der Waals surface area (Å²) in [5.41, 5.74) is 0. The van der Waals surface area contributed by atoms with Gasteiger partial charge in [0.15, 0.2) is 5.12 Å². The van der Waals surface area contributed by atoms with Crippen LogP contribution < -0.4 is 0 Å². The second kappa shape index (κ2) is 4.72. The summed E-state index contributed by atoms with van der Waals surface area (Å²) in [4.78, 5) is 11.7. The molecule has 1 rings (SSSR count). The molecule has 0 saturated heterocycles. The number of hydrogen-bond acceptors (Lipinski definition) is 3. The van der Waals surface area contributed by atoms with Gasteiger partial charge in [-0.2, -0.15) is 0 Å². The van der Waals surface area contributed by atoms with Gasteiger partial charge < -0.3 is 5.11 Å². The van der Waals surface area contributed by atoms with E-state index in [4.69, 9.17) is 0 Å². The molecular weight excluding hydrogens is 184 g/mol. The van der Waals surface area contributed by atoms with Crippen molar-refractivity contribution in [3.05, 3.63) is 36.9 Å². The number of aromatic hydroxyl groups is 1. The normalized spacial score (nSPS) is 9.54. The monoisotopic (exact) mass is 194 g/mol. The maximum Gasteiger partial charge on any atom is 0.197 e. The van der Waals surface area contributed by atoms with Gasteiger partial charge in [0.2, 0.25) is 0 Å². The van der Waals surface area contributed by atoms with Gasteiger partial charge in [0.25, 0.3) is 0 Å². The minimum Gasteiger partial charge on any atom is -0.507 e. The Hall–Kier alpha value is -1.22. The Balaban J connectivity index is 2.68. The molecule has 0 atom stereocenters. The molecule has 0 bridgehead atoms. The Labute approximate surface area is 81.3 Å². The summed E-state index contributed by atoms with van der Waals surface area (Å²) in [7, 11) is 0. The van der Waals surface area contributed by atoms with Crippen molar-refractivity contribution in [2.75, 3.05) is 0 Å². The Kier molecular flexibility index (Phi) is 3.58. The minimum atomic E-state index is -0.0171. The van der Waals surface area contributed by atoms with Gasteiger partial charge in [-0.25, -0.2) is 0 Å². The van der Waals surface area contributed by atoms with Crippen LogP contribution in [0.15, 0.2) is 41.8 Å². The van der Waals surface area contributed by atoms with Crippen LogP contribution >= 0.6 is 11.8 Å². The average Bonchev–Trinajstić information content (AvgIpc) is 2.09. The summed E-state index contributed by atoms with van der Waals surface area (Å²) in [5, 5.41) is 9.31. The molecule has 0 aliphatic heterocycles. The lowest BCUT2D eigenvalue weighted by Crippen LogP contribution is -1.87. The molecule has 0 amide bonds. The summed E-state index contributed by atoms with van der Waals surface area (Å²) in [5.74, 6) is 0.143. The van der Waals surface area contributed by atoms with Crippen molar-refractivity contribution in [2.24, 2.45) is 0 Å². The van der Waals surface area contributed by atoms with Crippen molar-refractivity contribution in [3.63, 3.8) is 0 Å². The molecule has 1 aromatic rings. The van der Waals surface area contributed by atoms with Gasteiger partial charge in [0, 0.05) is 6.42 Å². The van der Waals surface area contributed by atoms with Gasteiger partial charge >= 0.3 is 0 Å². The molecular formula is C10H10O2S. The number of hydrogen-bond donors (Lipinski definition) is 1. The summed E-state index contributed by atoms with van der Waals surface area (Å²) >= 11 is 1.03. The quantitative estimate of drug-likeness (QED) is 0.593. The van der Waals surface area contributed by atoms with Gasteiger partial charge in [-0.15, -0.1) is 6.58 Å². The highest BCUT2D eigenvalue weighted by Gasteiger charge is 2.05. The standard InChI is InChI=1S/C10H10O2S/c1-2-5-10(12)13-9-7-4-3-6-8(9)11/h2-4,6-7,11H,1,5H2. The molecule has 0 heterocycles. The Morgan fingerprint density at radius 1 is 1.54 bits per heavy atom. The fraction of sp³-hybridized carbons (Fsp3) is 0.100. The van der Waals surface area contributed by atoms with E-state index in [0.29, 0.717) is 11.3 Å². The van der Waals surface area contributed by atoms with Crippen molar-refractivity contribution in [1.82, 2.24) is 0 Å². The van der Waals surface area contributed by atoms with Crippen molar-refractivity contribution in [2.45, 2.75) is 11.3 Å². The van der Waals surface area contributed by atoms with E-state index in [0.717, 1.165) is 11.8 Å². The molecule has 1 N–H and O–H groups in total. The van der Waals surface area contributed by atoms with Gasteiger partial charge in [-0.3, -0.25) is 4.79 Å². The van der Waals surface area contributed by atoms with Gasteiger partial charge in [0.05, 0.1) is 4.90 Å². The highest BCUT2D eigenvalue weighted by atomic mass is 32.2. The second-order valence-corrected chi connectivity index (χ2v) is 3.53. The van der Waals surface area contributed by atoms with Gasteiger partial charge in [0.1, 0.15) is 5.75 Å². The first kappa shape index (κ1) is 9.86. The topological polar surface area (TPSA) is 37.3 Å². The molecule has 2 nitrogen and oxygen atoms in total. The smallest absolute Gasteiger partial charge is 0.197 e. The number of para-hydroxylation sites is 1. The molecule has 0 saturated carbocycles. The first-order chi connectivity index (χ1) is 6.24. The van der Waals surface area contributed by atoms with Crippen LogP contribution in [-0.4, -0.2) is 10.2 Å². The van der Waals surface area contributed by atoms with Crippen molar-refractivity contribution in [1.29, 1.82) is 0 Å². The average molecular weight is 194 g/mol. The maximum absolute atomic E-state index is 11.1. The highest BCUT2D eigenvalue weighted by Crippen LogP contribution is 2.28. The molecule has 13 heavy (non-hydrogen) atoms. The maximum atomic E-state index is 11.1. The van der Waals surface area contributed by atoms with Crippen LogP contribution in [0.5, 0.6) is 5.75 Å². The van der Waals surface area contributed by atoms with Crippen LogP contribution in [-0.2, 0) is 4.79 Å². The van der Waals surface area contributed by atoms with E-state index in [1.807, 2.05) is 0 Å². The van der Waals surface area contributed by atoms with Crippen molar-refractivity contribution in [3.8, 4) is 5.75 Å². The molecule has 0 radical (unpaired) electrons. The number of phenolic OH excluding ortho intramolecular Hbond substituents is 1. The molecule has 0 aliphatic rings. The van der Waals surface area contributed by atoms with Crippen molar-refractivity contribution < 1.29 is 9.90 Å². The zero-order chi connectivity index (χ0) is 9.68. The van der Waals surface area contributed by atoms with Gasteiger partial charge in [-0.1, -0.05) is 18.2 Å². The lowest BCUT2D eigenvalue weighted by Gasteiger charge is -2.00. The number of allylic oxidation sites excluding steroid dienone is 1. The van der Waals surface area contributed by atoms with Crippen LogP contribution in [0.3, 0.4) is 0 Å². The number of thioether (sulfide) groups is 1. The van der Waals surface area contributed by atoms with E-state index in [-0.39, 0.29) is 10.9 Å². The molecule has 0 fully saturated rings. The number of carbonyl (C=O) groups is 1. The van der Waals surface area contributed by atoms with E-state index < -0.39 is 0 Å². The molecule has 0 spiro atoms. The predicted molar refractivity (Wildman–Crippen MR) is 53.8 cm³/mol. The number of carbonyl (C=O) groups excluding carboxylic acids is 1. The highest BCUT2D eigenvalue weighted by molar-refractivity contribution is 8.13. The zero-order valence-electron chi connectivity index (χ0n) is 7.06. The third kappa shape index (κ3) is 2.95. The third-order valence-corrected chi connectivity index (χ3v) is 2.36. The van der Waals surface area contributed by atoms with E-state index in [1.165, 1.54) is 0 Å². The summed E-state index contributed by atoms with van der Waals surface area (Å²) < 4.78 is 0. The molecule has 68 valence electrons. The van der Waals surface area contributed by atoms with Crippen LogP contribution in [0.1, 0.15) is 6.42 Å². The van der Waals surface area contributed by atoms with Crippen LogP contribution in [0.4, 0.5) is 0 Å². The Bertz CT molecular complexity index is 320. The lowest BCUT2D eigenvalue weighted by atomic mass is 10.3. The van der Waals surface area contributed by atoms with E-state index in [1.54, 1.807) is 30.3 Å². The Morgan fingerprint density at radius 3 is 2.85 bits per heavy atom. The molecule has 0 aliphatic carbocycles. The van der Waals surface area contributed by atoms with Crippen molar-refractivity contribution >= 4 is 16.9 Å². The number of benzene rings is 1. The fourth-order valence-corrected chi connectivity index (χ4v) is 1.59. The molecule has 3 heteroatoms. The number of phenols is 1. The Morgan fingerprint density at radius 2 is 2.23 bits per heavy atom. The van der Waals surface area contributed by atoms with Crippen LogP contribution in [0.2, 0.25) is 0 Å². The summed E-state index contributed by atoms with van der Waals surface area (Å²) in [6, 6.07) is 6.77. The second-order valence-electron chi connectivity index (χ2n) is 2.43. The SMILES string of the molecule is C=CCC(=O)Sc1ccccc1O. The molecule has 0 aromatic heterocycles. The van der Waals surface area contributed by atoms with Gasteiger partial charge in [-0.05, 0) is 23.9 Å². The number of rotatable bonds is 3. The summed E-state index contributed by atoms with van der Waals surface area (Å²) in [6.45, 7) is 3.47. The minimum absolute atomic E-state index is 0.0171. The fourth-order valence-electron chi connectivity index (χ4n) is 0.826. The summed E-state index contributed by atoms with van der Waals surface area (Å²) in [6.07, 6.45) is 1.87. The van der Waals surface area contributed by atoms with Crippen LogP contribution in [0.25, 0.3) is 0 Å². The first-order valence-electron chi connectivity index (χ1n) is 3.83. The lowest BCUT2D eigenvalue weighted by molar-refractivity contribution is -0.110. The first-order valence-corrected chi connectivity index (χ1v) is 4.65. The largest absolute Gasteiger partial charge is 0.507 e. The van der Waals surface area contributed by atoms with E-state index in [9.17, 15) is 9.90 Å². The molecule has 1 aromatic carbocycles. The van der Waals surface area contributed by atoms with E-state index in [2.05, 4.69) is 6.58 Å². The van der Waals surface area contributed by atoms with Crippen LogP contribution in [0, 0.1) is 0 Å². The van der Waals surface area contributed by atoms with E-state index >= 15 is 0 Å². The third-order valence-electron chi connectivity index (χ3n) is 1.40. The predicted octanol–water partition coefficient (Wildman–Crippen LogP) is 2.59. The zero-order valence-corrected chi connectivity index (χ0v) is 7.88.